The molecule has 0 saturated heterocycles. The van der Waals surface area contributed by atoms with Crippen molar-refractivity contribution in [2.24, 2.45) is 4.99 Å². The summed E-state index contributed by atoms with van der Waals surface area (Å²) < 4.78 is 10.8. The Balaban J connectivity index is 1.95. The summed E-state index contributed by atoms with van der Waals surface area (Å²) >= 11 is 0. The van der Waals surface area contributed by atoms with E-state index in [0.717, 1.165) is 12.3 Å². The molecule has 2 N–H and O–H groups in total. The van der Waals surface area contributed by atoms with E-state index >= 15 is 0 Å². The van der Waals surface area contributed by atoms with Crippen LogP contribution in [0.4, 0.5) is 0 Å². The smallest absolute Gasteiger partial charge is 0.248 e. The molecular weight excluding hydrogens is 296 g/mol. The van der Waals surface area contributed by atoms with Gasteiger partial charge in [0.1, 0.15) is 12.3 Å². The van der Waals surface area contributed by atoms with Crippen molar-refractivity contribution >= 4 is 5.96 Å². The zero-order chi connectivity index (χ0) is 16.9. The molecule has 0 saturated carbocycles. The first kappa shape index (κ1) is 17.0. The predicted octanol–water partition coefficient (Wildman–Crippen LogP) is 1.92. The van der Waals surface area contributed by atoms with Gasteiger partial charge in [-0.25, -0.2) is 9.98 Å². The number of hydrogen-bond donors (Lipinski definition) is 2. The van der Waals surface area contributed by atoms with Crippen molar-refractivity contribution in [1.29, 1.82) is 0 Å². The van der Waals surface area contributed by atoms with Gasteiger partial charge in [-0.2, -0.15) is 4.98 Å². The Morgan fingerprint density at radius 3 is 2.61 bits per heavy atom. The Bertz CT molecular complexity index is 653. The van der Waals surface area contributed by atoms with Gasteiger partial charge in [0.25, 0.3) is 0 Å². The van der Waals surface area contributed by atoms with Gasteiger partial charge >= 0.3 is 0 Å². The Morgan fingerprint density at radius 1 is 1.26 bits per heavy atom. The Morgan fingerprint density at radius 2 is 2.04 bits per heavy atom. The Kier molecular flexibility index (Phi) is 5.36. The average molecular weight is 320 g/mol. The first-order valence-corrected chi connectivity index (χ1v) is 7.65. The van der Waals surface area contributed by atoms with E-state index in [-0.39, 0.29) is 5.41 Å². The second-order valence-electron chi connectivity index (χ2n) is 6.15. The lowest BCUT2D eigenvalue weighted by molar-refractivity contribution is 0.375. The SMILES string of the molecule is CCNC(=NCc1nc(C)no1)NCc1ncc(C(C)(C)C)o1. The number of oxazole rings is 1. The monoisotopic (exact) mass is 320 g/mol. The van der Waals surface area contributed by atoms with Crippen LogP contribution in [0.25, 0.3) is 0 Å². The summed E-state index contributed by atoms with van der Waals surface area (Å²) in [5, 5.41) is 10.1. The van der Waals surface area contributed by atoms with Crippen LogP contribution in [0.1, 0.15) is 51.1 Å². The molecule has 0 aliphatic rings. The van der Waals surface area contributed by atoms with Crippen LogP contribution in [-0.2, 0) is 18.5 Å². The van der Waals surface area contributed by atoms with Crippen LogP contribution in [0.15, 0.2) is 20.1 Å². The fourth-order valence-corrected chi connectivity index (χ4v) is 1.79. The van der Waals surface area contributed by atoms with Crippen molar-refractivity contribution in [2.75, 3.05) is 6.54 Å². The molecule has 0 atom stereocenters. The highest BCUT2D eigenvalue weighted by molar-refractivity contribution is 5.79. The number of aliphatic imine (C=N–C) groups is 1. The number of aromatic nitrogens is 3. The van der Waals surface area contributed by atoms with Gasteiger partial charge in [-0.1, -0.05) is 25.9 Å². The number of rotatable bonds is 5. The molecule has 0 aliphatic carbocycles. The molecule has 8 nitrogen and oxygen atoms in total. The van der Waals surface area contributed by atoms with Crippen molar-refractivity contribution in [3.05, 3.63) is 29.6 Å². The fraction of sp³-hybridized carbons (Fsp3) is 0.600. The van der Waals surface area contributed by atoms with Gasteiger partial charge in [-0.3, -0.25) is 0 Å². The highest BCUT2D eigenvalue weighted by Gasteiger charge is 2.19. The lowest BCUT2D eigenvalue weighted by Gasteiger charge is -2.13. The summed E-state index contributed by atoms with van der Waals surface area (Å²) in [6.07, 6.45) is 1.77. The van der Waals surface area contributed by atoms with Crippen molar-refractivity contribution in [3.63, 3.8) is 0 Å². The van der Waals surface area contributed by atoms with E-state index in [2.05, 4.69) is 51.5 Å². The second-order valence-corrected chi connectivity index (χ2v) is 6.15. The van der Waals surface area contributed by atoms with E-state index in [1.807, 2.05) is 6.92 Å². The summed E-state index contributed by atoms with van der Waals surface area (Å²) in [4.78, 5) is 12.8. The standard InChI is InChI=1S/C15H24N6O2/c1-6-16-14(19-9-13-20-10(2)21-23-13)18-8-12-17-7-11(22-12)15(3,4)5/h7H,6,8-9H2,1-5H3,(H2,16,18,19). The van der Waals surface area contributed by atoms with E-state index in [1.165, 1.54) is 0 Å². The van der Waals surface area contributed by atoms with Gasteiger partial charge in [0.15, 0.2) is 11.8 Å². The van der Waals surface area contributed by atoms with Crippen molar-refractivity contribution in [3.8, 4) is 0 Å². The maximum Gasteiger partial charge on any atom is 0.248 e. The van der Waals surface area contributed by atoms with E-state index < -0.39 is 0 Å². The minimum atomic E-state index is -0.0559. The zero-order valence-electron chi connectivity index (χ0n) is 14.3. The molecule has 0 unspecified atom stereocenters. The third-order valence-corrected chi connectivity index (χ3v) is 2.99. The molecule has 2 aromatic heterocycles. The van der Waals surface area contributed by atoms with Crippen LogP contribution in [0.5, 0.6) is 0 Å². The average Bonchev–Trinajstić information content (AvgIpc) is 3.10. The predicted molar refractivity (Wildman–Crippen MR) is 85.9 cm³/mol. The quantitative estimate of drug-likeness (QED) is 0.641. The molecule has 2 aromatic rings. The fourth-order valence-electron chi connectivity index (χ4n) is 1.79. The summed E-state index contributed by atoms with van der Waals surface area (Å²) in [6, 6.07) is 0. The highest BCUT2D eigenvalue weighted by Crippen LogP contribution is 2.22. The normalized spacial score (nSPS) is 12.5. The first-order chi connectivity index (χ1) is 10.9. The van der Waals surface area contributed by atoms with E-state index in [0.29, 0.717) is 36.7 Å². The minimum Gasteiger partial charge on any atom is -0.443 e. The Hall–Kier alpha value is -2.38. The lowest BCUT2D eigenvalue weighted by Crippen LogP contribution is -2.36. The number of aryl methyl sites for hydroxylation is 1. The number of guanidine groups is 1. The number of nitrogens with zero attached hydrogens (tertiary/aromatic N) is 4. The summed E-state index contributed by atoms with van der Waals surface area (Å²) in [5.41, 5.74) is -0.0559. The van der Waals surface area contributed by atoms with Crippen LogP contribution < -0.4 is 10.6 Å². The third-order valence-electron chi connectivity index (χ3n) is 2.99. The van der Waals surface area contributed by atoms with Crippen LogP contribution in [0.3, 0.4) is 0 Å². The number of hydrogen-bond acceptors (Lipinski definition) is 6. The molecule has 126 valence electrons. The van der Waals surface area contributed by atoms with Gasteiger partial charge in [-0.05, 0) is 13.8 Å². The van der Waals surface area contributed by atoms with E-state index in [4.69, 9.17) is 8.94 Å². The number of nitrogens with one attached hydrogen (secondary N) is 2. The molecule has 2 heterocycles. The van der Waals surface area contributed by atoms with Gasteiger partial charge in [0.2, 0.25) is 11.8 Å². The van der Waals surface area contributed by atoms with E-state index in [1.54, 1.807) is 13.1 Å². The van der Waals surface area contributed by atoms with Gasteiger partial charge in [-0.15, -0.1) is 0 Å². The van der Waals surface area contributed by atoms with Crippen molar-refractivity contribution in [2.45, 2.75) is 53.1 Å². The van der Waals surface area contributed by atoms with Crippen LogP contribution in [-0.4, -0.2) is 27.6 Å². The highest BCUT2D eigenvalue weighted by atomic mass is 16.5. The molecule has 0 radical (unpaired) electrons. The summed E-state index contributed by atoms with van der Waals surface area (Å²) in [7, 11) is 0. The summed E-state index contributed by atoms with van der Waals surface area (Å²) in [5.74, 6) is 3.19. The Labute approximate surface area is 135 Å². The molecule has 23 heavy (non-hydrogen) atoms. The molecule has 0 aromatic carbocycles. The van der Waals surface area contributed by atoms with Gasteiger partial charge in [0.05, 0.1) is 12.7 Å². The molecule has 0 spiro atoms. The first-order valence-electron chi connectivity index (χ1n) is 7.65. The molecule has 8 heteroatoms. The zero-order valence-corrected chi connectivity index (χ0v) is 14.3. The summed E-state index contributed by atoms with van der Waals surface area (Å²) in [6.45, 7) is 11.5. The van der Waals surface area contributed by atoms with Crippen LogP contribution in [0, 0.1) is 6.92 Å². The van der Waals surface area contributed by atoms with E-state index in [9.17, 15) is 0 Å². The second kappa shape index (κ2) is 7.26. The molecule has 0 fully saturated rings. The largest absolute Gasteiger partial charge is 0.443 e. The molecule has 0 amide bonds. The van der Waals surface area contributed by atoms with Crippen molar-refractivity contribution in [1.82, 2.24) is 25.8 Å². The molecular formula is C15H24N6O2. The maximum atomic E-state index is 5.75. The van der Waals surface area contributed by atoms with Gasteiger partial charge < -0.3 is 19.6 Å². The molecule has 0 aliphatic heterocycles. The minimum absolute atomic E-state index is 0.0559. The van der Waals surface area contributed by atoms with Crippen LogP contribution in [0.2, 0.25) is 0 Å². The van der Waals surface area contributed by atoms with Crippen LogP contribution >= 0.6 is 0 Å². The molecule has 2 rings (SSSR count). The molecule has 0 bridgehead atoms. The third kappa shape index (κ3) is 5.08. The van der Waals surface area contributed by atoms with Gasteiger partial charge in [0, 0.05) is 12.0 Å². The topological polar surface area (TPSA) is 101 Å². The maximum absolute atomic E-state index is 5.75. The lowest BCUT2D eigenvalue weighted by atomic mass is 9.94. The van der Waals surface area contributed by atoms with Crippen molar-refractivity contribution < 1.29 is 8.94 Å².